The van der Waals surface area contributed by atoms with Gasteiger partial charge >= 0.3 is 0 Å². The van der Waals surface area contributed by atoms with E-state index in [1.165, 1.54) is 0 Å². The maximum Gasteiger partial charge on any atom is 0.246 e. The van der Waals surface area contributed by atoms with E-state index in [4.69, 9.17) is 4.74 Å². The molecule has 2 heterocycles. The van der Waals surface area contributed by atoms with Crippen molar-refractivity contribution in [2.24, 2.45) is 5.92 Å². The monoisotopic (exact) mass is 514 g/mol. The zero-order valence-electron chi connectivity index (χ0n) is 22.3. The maximum absolute atomic E-state index is 13.8. The zero-order chi connectivity index (χ0) is 26.7. The Morgan fingerprint density at radius 1 is 1.24 bits per heavy atom. The van der Waals surface area contributed by atoms with Gasteiger partial charge < -0.3 is 19.8 Å². The SMILES string of the molecule is C=CCN1CC[C@]23c4c5ccc(O)c4O[C@H]2[C@H](N(CC(C)C)C(=O)C=Cc2ccccc2)CC[C@@]3(O)[C@H]1C5. The molecular weight excluding hydrogens is 476 g/mol. The molecule has 5 atom stereocenters. The lowest BCUT2D eigenvalue weighted by molar-refractivity contribution is -0.199. The molecular formula is C32H38N2O4. The van der Waals surface area contributed by atoms with Crippen LogP contribution < -0.4 is 4.74 Å². The van der Waals surface area contributed by atoms with Crippen LogP contribution in [0.5, 0.6) is 11.5 Å². The number of ether oxygens (including phenoxy) is 1. The number of rotatable bonds is 7. The number of phenolic OH excluding ortho intramolecular Hbond substituents is 1. The predicted molar refractivity (Wildman–Crippen MR) is 148 cm³/mol. The van der Waals surface area contributed by atoms with Gasteiger partial charge in [0.1, 0.15) is 6.10 Å². The molecule has 2 aliphatic carbocycles. The average Bonchev–Trinajstić information content (AvgIpc) is 3.26. The minimum absolute atomic E-state index is 0.0464. The van der Waals surface area contributed by atoms with Crippen molar-refractivity contribution in [1.82, 2.24) is 9.80 Å². The normalized spacial score (nSPS) is 31.2. The first-order chi connectivity index (χ1) is 18.3. The number of amides is 1. The van der Waals surface area contributed by atoms with E-state index < -0.39 is 17.1 Å². The molecule has 0 aromatic heterocycles. The third-order valence-corrected chi connectivity index (χ3v) is 9.37. The van der Waals surface area contributed by atoms with Crippen molar-refractivity contribution in [2.75, 3.05) is 19.6 Å². The largest absolute Gasteiger partial charge is 0.504 e. The topological polar surface area (TPSA) is 73.2 Å². The summed E-state index contributed by atoms with van der Waals surface area (Å²) in [5, 5.41) is 23.5. The molecule has 0 radical (unpaired) electrons. The van der Waals surface area contributed by atoms with Gasteiger partial charge in [0, 0.05) is 30.8 Å². The summed E-state index contributed by atoms with van der Waals surface area (Å²) in [5.74, 6) is 0.843. The van der Waals surface area contributed by atoms with Crippen LogP contribution in [0.4, 0.5) is 0 Å². The predicted octanol–water partition coefficient (Wildman–Crippen LogP) is 4.30. The molecule has 2 aliphatic heterocycles. The van der Waals surface area contributed by atoms with Gasteiger partial charge in [0.25, 0.3) is 0 Å². The molecule has 4 aliphatic rings. The van der Waals surface area contributed by atoms with Gasteiger partial charge in [0.05, 0.1) is 17.1 Å². The van der Waals surface area contributed by atoms with Gasteiger partial charge in [-0.15, -0.1) is 6.58 Å². The Hall–Kier alpha value is -3.09. The Labute approximate surface area is 225 Å². The summed E-state index contributed by atoms with van der Waals surface area (Å²) in [7, 11) is 0. The molecule has 6 heteroatoms. The Balaban J connectivity index is 1.43. The first-order valence-corrected chi connectivity index (χ1v) is 13.9. The third kappa shape index (κ3) is 3.57. The van der Waals surface area contributed by atoms with Crippen LogP contribution in [-0.2, 0) is 16.6 Å². The van der Waals surface area contributed by atoms with E-state index in [0.717, 1.165) is 29.8 Å². The highest BCUT2D eigenvalue weighted by molar-refractivity contribution is 5.92. The fourth-order valence-corrected chi connectivity index (χ4v) is 7.92. The second-order valence-corrected chi connectivity index (χ2v) is 11.9. The van der Waals surface area contributed by atoms with Crippen LogP contribution in [-0.4, -0.2) is 69.3 Å². The Morgan fingerprint density at radius 3 is 2.76 bits per heavy atom. The molecule has 1 spiro atoms. The summed E-state index contributed by atoms with van der Waals surface area (Å²) >= 11 is 0. The number of hydrogen-bond donors (Lipinski definition) is 2. The summed E-state index contributed by atoms with van der Waals surface area (Å²) < 4.78 is 6.69. The highest BCUT2D eigenvalue weighted by Crippen LogP contribution is 2.65. The second kappa shape index (κ2) is 9.28. The van der Waals surface area contributed by atoms with Gasteiger partial charge in [-0.1, -0.05) is 56.3 Å². The van der Waals surface area contributed by atoms with Crippen molar-refractivity contribution in [1.29, 1.82) is 0 Å². The number of likely N-dealkylation sites (tertiary alicyclic amines) is 1. The number of carbonyl (C=O) groups is 1. The molecule has 6 nitrogen and oxygen atoms in total. The quantitative estimate of drug-likeness (QED) is 0.426. The van der Waals surface area contributed by atoms with Crippen LogP contribution in [0.25, 0.3) is 6.08 Å². The van der Waals surface area contributed by atoms with E-state index in [1.807, 2.05) is 53.5 Å². The van der Waals surface area contributed by atoms with Crippen molar-refractivity contribution in [3.05, 3.63) is 77.9 Å². The van der Waals surface area contributed by atoms with Crippen LogP contribution in [0.15, 0.2) is 61.2 Å². The number of aliphatic hydroxyl groups is 1. The molecule has 2 fully saturated rings. The summed E-state index contributed by atoms with van der Waals surface area (Å²) in [6.07, 6.45) is 7.66. The molecule has 6 rings (SSSR count). The van der Waals surface area contributed by atoms with Crippen molar-refractivity contribution >= 4 is 12.0 Å². The van der Waals surface area contributed by atoms with Gasteiger partial charge in [-0.2, -0.15) is 0 Å². The lowest BCUT2D eigenvalue weighted by Gasteiger charge is -2.64. The number of nitrogens with zero attached hydrogens (tertiary/aromatic N) is 2. The summed E-state index contributed by atoms with van der Waals surface area (Å²) in [4.78, 5) is 18.1. The molecule has 38 heavy (non-hydrogen) atoms. The van der Waals surface area contributed by atoms with Crippen molar-refractivity contribution < 1.29 is 19.7 Å². The first kappa shape index (κ1) is 25.2. The number of aromatic hydroxyl groups is 1. The number of carbonyl (C=O) groups excluding carboxylic acids is 1. The van der Waals surface area contributed by atoms with Gasteiger partial charge in [0.2, 0.25) is 5.91 Å². The van der Waals surface area contributed by atoms with Crippen molar-refractivity contribution in [2.45, 2.75) is 68.7 Å². The summed E-state index contributed by atoms with van der Waals surface area (Å²) in [6.45, 7) is 10.3. The number of piperidine rings is 1. The fourth-order valence-electron chi connectivity index (χ4n) is 7.92. The van der Waals surface area contributed by atoms with Gasteiger partial charge in [-0.25, -0.2) is 0 Å². The van der Waals surface area contributed by atoms with Crippen LogP contribution in [0.3, 0.4) is 0 Å². The molecule has 1 amide bonds. The Kier molecular flexibility index (Phi) is 6.15. The van der Waals surface area contributed by atoms with Gasteiger partial charge in [-0.3, -0.25) is 9.69 Å². The van der Waals surface area contributed by atoms with E-state index in [0.29, 0.717) is 38.0 Å². The first-order valence-electron chi connectivity index (χ1n) is 13.9. The number of phenols is 1. The van der Waals surface area contributed by atoms with E-state index in [-0.39, 0.29) is 29.7 Å². The second-order valence-electron chi connectivity index (χ2n) is 11.9. The molecule has 200 valence electrons. The maximum atomic E-state index is 13.8. The van der Waals surface area contributed by atoms with Crippen LogP contribution in [0.1, 0.15) is 49.8 Å². The molecule has 2 aromatic rings. The van der Waals surface area contributed by atoms with E-state index in [9.17, 15) is 15.0 Å². The molecule has 2 aromatic carbocycles. The smallest absolute Gasteiger partial charge is 0.246 e. The highest BCUT2D eigenvalue weighted by atomic mass is 16.5. The van der Waals surface area contributed by atoms with Crippen LogP contribution >= 0.6 is 0 Å². The molecule has 2 bridgehead atoms. The zero-order valence-corrected chi connectivity index (χ0v) is 22.3. The summed E-state index contributed by atoms with van der Waals surface area (Å²) in [5.41, 5.74) is 1.41. The van der Waals surface area contributed by atoms with E-state index in [1.54, 1.807) is 12.1 Å². The van der Waals surface area contributed by atoms with Crippen molar-refractivity contribution in [3.8, 4) is 11.5 Å². The molecule has 1 saturated carbocycles. The number of benzene rings is 2. The Morgan fingerprint density at radius 2 is 2.03 bits per heavy atom. The van der Waals surface area contributed by atoms with Gasteiger partial charge in [0.15, 0.2) is 11.5 Å². The minimum Gasteiger partial charge on any atom is -0.504 e. The van der Waals surface area contributed by atoms with Crippen LogP contribution in [0, 0.1) is 5.92 Å². The molecule has 1 saturated heterocycles. The Bertz CT molecular complexity index is 1270. The van der Waals surface area contributed by atoms with E-state index in [2.05, 4.69) is 25.3 Å². The third-order valence-electron chi connectivity index (χ3n) is 9.37. The van der Waals surface area contributed by atoms with Crippen molar-refractivity contribution in [3.63, 3.8) is 0 Å². The standard InChI is InChI=1S/C32H38N2O4/c1-4-17-33-18-16-31-28-23-11-12-25(35)29(28)38-30(31)24(14-15-32(31,37)26(33)19-23)34(20-21(2)3)27(36)13-10-22-8-6-5-7-9-22/h4-13,21,24,26,30,35,37H,1,14-20H2,2-3H3/t24-,26-,30+,31+,32-/m1/s1. The lowest BCUT2D eigenvalue weighted by atomic mass is 9.48. The van der Waals surface area contributed by atoms with Gasteiger partial charge in [-0.05, 0) is 61.4 Å². The summed E-state index contributed by atoms with van der Waals surface area (Å²) in [6, 6.07) is 13.3. The number of hydrogen-bond acceptors (Lipinski definition) is 5. The fraction of sp³-hybridized carbons (Fsp3) is 0.469. The average molecular weight is 515 g/mol. The molecule has 2 N–H and O–H groups in total. The van der Waals surface area contributed by atoms with E-state index >= 15 is 0 Å². The minimum atomic E-state index is -1.01. The van der Waals surface area contributed by atoms with Crippen LogP contribution in [0.2, 0.25) is 0 Å². The lowest BCUT2D eigenvalue weighted by Crippen LogP contribution is -2.78. The highest BCUT2D eigenvalue weighted by Gasteiger charge is 2.73. The molecule has 0 unspecified atom stereocenters.